The van der Waals surface area contributed by atoms with Gasteiger partial charge in [-0.2, -0.15) is 5.26 Å². The summed E-state index contributed by atoms with van der Waals surface area (Å²) in [7, 11) is -3.05. The third-order valence-electron chi connectivity index (χ3n) is 3.90. The van der Waals surface area contributed by atoms with Crippen molar-refractivity contribution >= 4 is 27.2 Å². The fourth-order valence-corrected chi connectivity index (χ4v) is 4.32. The molecular weight excluding hydrogens is 340 g/mol. The number of amides is 1. The molecule has 7 nitrogen and oxygen atoms in total. The molecule has 25 heavy (non-hydrogen) atoms. The molecule has 2 N–H and O–H groups in total. The lowest BCUT2D eigenvalue weighted by atomic mass is 10.2. The van der Waals surface area contributed by atoms with Crippen LogP contribution in [0.2, 0.25) is 0 Å². The maximum absolute atomic E-state index is 12.3. The van der Waals surface area contributed by atoms with Crippen LogP contribution in [0.15, 0.2) is 42.6 Å². The molecule has 1 aromatic heterocycles. The quantitative estimate of drug-likeness (QED) is 0.861. The minimum atomic E-state index is -3.05. The molecule has 128 valence electrons. The summed E-state index contributed by atoms with van der Waals surface area (Å²) in [5.41, 5.74) is 1.43. The Kier molecular flexibility index (Phi) is 4.67. The van der Waals surface area contributed by atoms with Gasteiger partial charge in [0.15, 0.2) is 9.84 Å². The Balaban J connectivity index is 1.73. The minimum absolute atomic E-state index is 0.0233. The van der Waals surface area contributed by atoms with Crippen molar-refractivity contribution < 1.29 is 13.2 Å². The zero-order valence-electron chi connectivity index (χ0n) is 13.3. The summed E-state index contributed by atoms with van der Waals surface area (Å²) in [4.78, 5) is 16.5. The maximum Gasteiger partial charge on any atom is 0.251 e. The van der Waals surface area contributed by atoms with E-state index < -0.39 is 9.84 Å². The molecule has 1 amide bonds. The molecule has 1 aliphatic heterocycles. The zero-order valence-corrected chi connectivity index (χ0v) is 14.1. The number of nitriles is 1. The van der Waals surface area contributed by atoms with Gasteiger partial charge in [-0.3, -0.25) is 4.79 Å². The number of anilines is 2. The van der Waals surface area contributed by atoms with Crippen LogP contribution < -0.4 is 10.6 Å². The molecule has 0 bridgehead atoms. The van der Waals surface area contributed by atoms with Gasteiger partial charge in [-0.15, -0.1) is 0 Å². The summed E-state index contributed by atoms with van der Waals surface area (Å²) in [6.07, 6.45) is 1.91. The second-order valence-corrected chi connectivity index (χ2v) is 8.01. The number of nitrogens with zero attached hydrogens (tertiary/aromatic N) is 2. The molecule has 0 spiro atoms. The molecule has 1 fully saturated rings. The highest BCUT2D eigenvalue weighted by Crippen LogP contribution is 2.19. The van der Waals surface area contributed by atoms with Gasteiger partial charge in [0.1, 0.15) is 11.9 Å². The van der Waals surface area contributed by atoms with E-state index in [4.69, 9.17) is 5.26 Å². The largest absolute Gasteiger partial charge is 0.348 e. The second kappa shape index (κ2) is 6.91. The molecule has 1 aliphatic rings. The normalized spacial score (nSPS) is 18.3. The summed E-state index contributed by atoms with van der Waals surface area (Å²) >= 11 is 0. The fraction of sp³-hybridized carbons (Fsp3) is 0.235. The standard InChI is InChI=1S/C17H16N4O3S/c18-10-13-3-1-2-4-15(13)21-16-9-12(5-7-19-16)17(22)20-14-6-8-25(23,24)11-14/h1-5,7,9,14H,6,8,11H2,(H,19,21)(H,20,22). The third-order valence-corrected chi connectivity index (χ3v) is 5.67. The van der Waals surface area contributed by atoms with E-state index in [9.17, 15) is 13.2 Å². The molecule has 1 aromatic carbocycles. The molecule has 0 aliphatic carbocycles. The van der Waals surface area contributed by atoms with E-state index in [2.05, 4.69) is 21.7 Å². The first-order chi connectivity index (χ1) is 12.0. The van der Waals surface area contributed by atoms with Gasteiger partial charge in [0.05, 0.1) is 22.8 Å². The van der Waals surface area contributed by atoms with Crippen LogP contribution in [0.25, 0.3) is 0 Å². The van der Waals surface area contributed by atoms with Crippen molar-refractivity contribution in [3.05, 3.63) is 53.7 Å². The molecule has 3 rings (SSSR count). The molecule has 2 heterocycles. The van der Waals surface area contributed by atoms with Crippen molar-refractivity contribution in [2.45, 2.75) is 12.5 Å². The highest BCUT2D eigenvalue weighted by molar-refractivity contribution is 7.91. The third kappa shape index (κ3) is 4.14. The SMILES string of the molecule is N#Cc1ccccc1Nc1cc(C(=O)NC2CCS(=O)(=O)C2)ccn1. The topological polar surface area (TPSA) is 112 Å². The molecule has 8 heteroatoms. The van der Waals surface area contributed by atoms with Crippen LogP contribution in [-0.2, 0) is 9.84 Å². The van der Waals surface area contributed by atoms with E-state index in [0.717, 1.165) is 0 Å². The number of sulfone groups is 1. The van der Waals surface area contributed by atoms with E-state index in [0.29, 0.717) is 29.1 Å². The molecule has 1 saturated heterocycles. The monoisotopic (exact) mass is 356 g/mol. The van der Waals surface area contributed by atoms with E-state index in [-0.39, 0.29) is 23.5 Å². The first kappa shape index (κ1) is 16.9. The van der Waals surface area contributed by atoms with Crippen molar-refractivity contribution in [2.75, 3.05) is 16.8 Å². The van der Waals surface area contributed by atoms with Crippen molar-refractivity contribution in [3.63, 3.8) is 0 Å². The Morgan fingerprint density at radius 1 is 1.28 bits per heavy atom. The van der Waals surface area contributed by atoms with Crippen LogP contribution in [0.1, 0.15) is 22.3 Å². The predicted molar refractivity (Wildman–Crippen MR) is 93.2 cm³/mol. The predicted octanol–water partition coefficient (Wildman–Crippen LogP) is 1.61. The number of hydrogen-bond acceptors (Lipinski definition) is 6. The van der Waals surface area contributed by atoms with E-state index in [1.165, 1.54) is 6.20 Å². The van der Waals surface area contributed by atoms with Crippen LogP contribution in [-0.4, -0.2) is 36.9 Å². The Morgan fingerprint density at radius 2 is 2.08 bits per heavy atom. The first-order valence-corrected chi connectivity index (χ1v) is 9.52. The van der Waals surface area contributed by atoms with Crippen molar-refractivity contribution in [3.8, 4) is 6.07 Å². The van der Waals surface area contributed by atoms with Crippen LogP contribution in [0.3, 0.4) is 0 Å². The summed E-state index contributed by atoms with van der Waals surface area (Å²) in [6, 6.07) is 11.8. The summed E-state index contributed by atoms with van der Waals surface area (Å²) < 4.78 is 23.0. The number of benzene rings is 1. The van der Waals surface area contributed by atoms with E-state index in [1.54, 1.807) is 36.4 Å². The Bertz CT molecular complexity index is 950. The number of para-hydroxylation sites is 1. The van der Waals surface area contributed by atoms with Crippen LogP contribution >= 0.6 is 0 Å². The van der Waals surface area contributed by atoms with Gasteiger partial charge in [-0.25, -0.2) is 13.4 Å². The molecule has 0 radical (unpaired) electrons. The van der Waals surface area contributed by atoms with Gasteiger partial charge in [0.25, 0.3) is 5.91 Å². The Hall–Kier alpha value is -2.92. The Morgan fingerprint density at radius 3 is 2.80 bits per heavy atom. The molecule has 0 saturated carbocycles. The van der Waals surface area contributed by atoms with Gasteiger partial charge >= 0.3 is 0 Å². The zero-order chi connectivity index (χ0) is 17.9. The van der Waals surface area contributed by atoms with Gasteiger partial charge in [-0.05, 0) is 30.7 Å². The number of pyridine rings is 1. The van der Waals surface area contributed by atoms with Gasteiger partial charge in [0, 0.05) is 17.8 Å². The highest BCUT2D eigenvalue weighted by atomic mass is 32.2. The summed E-state index contributed by atoms with van der Waals surface area (Å²) in [6.45, 7) is 0. The van der Waals surface area contributed by atoms with Crippen LogP contribution in [0, 0.1) is 11.3 Å². The van der Waals surface area contributed by atoms with Crippen LogP contribution in [0.5, 0.6) is 0 Å². The number of carbonyl (C=O) groups is 1. The van der Waals surface area contributed by atoms with E-state index >= 15 is 0 Å². The lowest BCUT2D eigenvalue weighted by Gasteiger charge is -2.12. The highest BCUT2D eigenvalue weighted by Gasteiger charge is 2.29. The maximum atomic E-state index is 12.3. The summed E-state index contributed by atoms with van der Waals surface area (Å²) in [5, 5.41) is 14.9. The first-order valence-electron chi connectivity index (χ1n) is 7.70. The number of hydrogen-bond donors (Lipinski definition) is 2. The molecule has 1 atom stereocenters. The lowest BCUT2D eigenvalue weighted by molar-refractivity contribution is 0.0941. The van der Waals surface area contributed by atoms with Gasteiger partial charge in [0.2, 0.25) is 0 Å². The molecular formula is C17H16N4O3S. The van der Waals surface area contributed by atoms with Crippen molar-refractivity contribution in [1.29, 1.82) is 5.26 Å². The average Bonchev–Trinajstić information content (AvgIpc) is 2.94. The van der Waals surface area contributed by atoms with Crippen molar-refractivity contribution in [1.82, 2.24) is 10.3 Å². The number of carbonyl (C=O) groups excluding carboxylic acids is 1. The second-order valence-electron chi connectivity index (χ2n) is 5.79. The number of aromatic nitrogens is 1. The van der Waals surface area contributed by atoms with Gasteiger partial charge < -0.3 is 10.6 Å². The van der Waals surface area contributed by atoms with E-state index in [1.807, 2.05) is 0 Å². The fourth-order valence-electron chi connectivity index (χ4n) is 2.65. The molecule has 1 unspecified atom stereocenters. The minimum Gasteiger partial charge on any atom is -0.348 e. The number of nitrogens with one attached hydrogen (secondary N) is 2. The van der Waals surface area contributed by atoms with Crippen LogP contribution in [0.4, 0.5) is 11.5 Å². The smallest absolute Gasteiger partial charge is 0.251 e. The van der Waals surface area contributed by atoms with Crippen molar-refractivity contribution in [2.24, 2.45) is 0 Å². The number of rotatable bonds is 4. The lowest BCUT2D eigenvalue weighted by Crippen LogP contribution is -2.35. The molecule has 2 aromatic rings. The van der Waals surface area contributed by atoms with Gasteiger partial charge in [-0.1, -0.05) is 12.1 Å². The average molecular weight is 356 g/mol. The summed E-state index contributed by atoms with van der Waals surface area (Å²) in [5.74, 6) is 0.159. The Labute approximate surface area is 145 Å².